The van der Waals surface area contributed by atoms with E-state index in [1.165, 1.54) is 12.1 Å². The van der Waals surface area contributed by atoms with Crippen molar-refractivity contribution < 1.29 is 27.8 Å². The first-order valence-corrected chi connectivity index (χ1v) is 8.12. The lowest BCUT2D eigenvalue weighted by molar-refractivity contribution is -0.286. The minimum atomic E-state index is -3.66. The number of alkyl halides is 2. The summed E-state index contributed by atoms with van der Waals surface area (Å²) in [5.74, 6) is -0.434. The van der Waals surface area contributed by atoms with Gasteiger partial charge in [0.2, 0.25) is 0 Å². The van der Waals surface area contributed by atoms with Crippen molar-refractivity contribution in [3.8, 4) is 11.5 Å². The number of amides is 1. The number of anilines is 1. The van der Waals surface area contributed by atoms with Gasteiger partial charge >= 0.3 is 6.29 Å². The van der Waals surface area contributed by atoms with Crippen molar-refractivity contribution in [1.82, 2.24) is 4.98 Å². The molecule has 4 rings (SSSR count). The molecule has 7 nitrogen and oxygen atoms in total. The molecule has 1 saturated heterocycles. The van der Waals surface area contributed by atoms with Crippen LogP contribution in [0.2, 0.25) is 0 Å². The van der Waals surface area contributed by atoms with Gasteiger partial charge in [-0.1, -0.05) is 11.3 Å². The van der Waals surface area contributed by atoms with Crippen molar-refractivity contribution in [2.45, 2.75) is 31.3 Å². The molecule has 11 heteroatoms. The summed E-state index contributed by atoms with van der Waals surface area (Å²) in [5, 5.41) is 3.03. The van der Waals surface area contributed by atoms with E-state index in [0.29, 0.717) is 28.3 Å². The Morgan fingerprint density at radius 2 is 2.08 bits per heavy atom. The number of ether oxygens (including phenoxy) is 3. The highest BCUT2D eigenvalue weighted by atomic mass is 35.5. The third-order valence-corrected chi connectivity index (χ3v) is 4.74. The Kier molecular flexibility index (Phi) is 4.71. The highest BCUT2D eigenvalue weighted by Gasteiger charge is 2.43. The van der Waals surface area contributed by atoms with Gasteiger partial charge in [-0.15, -0.1) is 21.2 Å². The fourth-order valence-electron chi connectivity index (χ4n) is 2.68. The zero-order valence-electron chi connectivity index (χ0n) is 12.7. The van der Waals surface area contributed by atoms with Crippen LogP contribution in [0.1, 0.15) is 12.8 Å². The predicted octanol–water partition coefficient (Wildman–Crippen LogP) is 2.48. The third-order valence-electron chi connectivity index (χ3n) is 3.80. The van der Waals surface area contributed by atoms with Crippen molar-refractivity contribution in [3.63, 3.8) is 0 Å². The molecule has 25 heavy (non-hydrogen) atoms. The van der Waals surface area contributed by atoms with Crippen LogP contribution in [0.3, 0.4) is 0 Å². The standard InChI is InChI=1S/C14H13F2N3O4S.ClH/c15-14(16)22-9-3-7-11(4-10(9)23-14)24-13(18-7)19-12(20)8-2-1-6(5-17)21-8;/h3-4,6,8H,1-2,5,17H2,(H,18,19,20);1H/t6-,8+;/m1./s1. The molecule has 1 amide bonds. The number of carbonyl (C=O) groups excluding carboxylic acids is 1. The molecule has 0 unspecified atom stereocenters. The van der Waals surface area contributed by atoms with Gasteiger partial charge in [0, 0.05) is 18.7 Å². The van der Waals surface area contributed by atoms with E-state index in [4.69, 9.17) is 10.5 Å². The first-order valence-electron chi connectivity index (χ1n) is 7.30. The fraction of sp³-hybridized carbons (Fsp3) is 0.429. The Balaban J connectivity index is 0.00000182. The maximum atomic E-state index is 13.0. The maximum absolute atomic E-state index is 13.0. The van der Waals surface area contributed by atoms with Crippen LogP contribution in [0.5, 0.6) is 11.5 Å². The number of nitrogens with two attached hydrogens (primary N) is 1. The molecule has 1 aromatic heterocycles. The Bertz CT molecular complexity index is 774. The number of aromatic nitrogens is 1. The van der Waals surface area contributed by atoms with Gasteiger partial charge in [-0.3, -0.25) is 10.1 Å². The van der Waals surface area contributed by atoms with E-state index in [9.17, 15) is 13.6 Å². The summed E-state index contributed by atoms with van der Waals surface area (Å²) in [6, 6.07) is 2.77. The van der Waals surface area contributed by atoms with Crippen LogP contribution < -0.4 is 20.5 Å². The molecule has 1 fully saturated rings. The van der Waals surface area contributed by atoms with E-state index in [2.05, 4.69) is 19.8 Å². The Labute approximate surface area is 150 Å². The van der Waals surface area contributed by atoms with E-state index in [1.807, 2.05) is 0 Å². The number of hydrogen-bond donors (Lipinski definition) is 2. The summed E-state index contributed by atoms with van der Waals surface area (Å²) in [7, 11) is 0. The normalized spacial score (nSPS) is 23.5. The molecule has 3 N–H and O–H groups in total. The van der Waals surface area contributed by atoms with Crippen LogP contribution in [0, 0.1) is 0 Å². The lowest BCUT2D eigenvalue weighted by Gasteiger charge is -2.11. The van der Waals surface area contributed by atoms with Crippen molar-refractivity contribution in [1.29, 1.82) is 0 Å². The number of halogens is 3. The molecule has 2 atom stereocenters. The van der Waals surface area contributed by atoms with Gasteiger partial charge in [0.05, 0.1) is 16.3 Å². The van der Waals surface area contributed by atoms with Gasteiger partial charge < -0.3 is 19.9 Å². The van der Waals surface area contributed by atoms with Crippen LogP contribution in [0.4, 0.5) is 13.9 Å². The number of thiazole rings is 1. The molecule has 3 heterocycles. The number of carbonyl (C=O) groups is 1. The average molecular weight is 394 g/mol. The largest absolute Gasteiger partial charge is 0.586 e. The SMILES string of the molecule is Cl.NC[C@H]1CC[C@@H](C(=O)Nc2nc3cc4c(cc3s2)OC(F)(F)O4)O1. The highest BCUT2D eigenvalue weighted by molar-refractivity contribution is 7.22. The molecule has 1 aromatic carbocycles. The van der Waals surface area contributed by atoms with Crippen LogP contribution in [-0.4, -0.2) is 35.9 Å². The van der Waals surface area contributed by atoms with Gasteiger partial charge in [-0.05, 0) is 12.8 Å². The highest BCUT2D eigenvalue weighted by Crippen LogP contribution is 2.44. The van der Waals surface area contributed by atoms with Gasteiger partial charge in [0.1, 0.15) is 6.10 Å². The van der Waals surface area contributed by atoms with Gasteiger partial charge in [-0.2, -0.15) is 0 Å². The predicted molar refractivity (Wildman–Crippen MR) is 88.7 cm³/mol. The second-order valence-electron chi connectivity index (χ2n) is 5.50. The molecule has 0 bridgehead atoms. The fourth-order valence-corrected chi connectivity index (χ4v) is 3.56. The van der Waals surface area contributed by atoms with Gasteiger partial charge in [-0.25, -0.2) is 4.98 Å². The van der Waals surface area contributed by atoms with Crippen LogP contribution in [0.15, 0.2) is 12.1 Å². The van der Waals surface area contributed by atoms with E-state index >= 15 is 0 Å². The Morgan fingerprint density at radius 1 is 1.36 bits per heavy atom. The minimum absolute atomic E-state index is 0. The van der Waals surface area contributed by atoms with Crippen LogP contribution >= 0.6 is 23.7 Å². The number of nitrogens with one attached hydrogen (secondary N) is 1. The molecule has 0 saturated carbocycles. The minimum Gasteiger partial charge on any atom is -0.395 e. The van der Waals surface area contributed by atoms with Crippen molar-refractivity contribution in [2.24, 2.45) is 5.73 Å². The summed E-state index contributed by atoms with van der Waals surface area (Å²) in [5.41, 5.74) is 5.95. The van der Waals surface area contributed by atoms with Gasteiger partial charge in [0.15, 0.2) is 16.6 Å². The quantitative estimate of drug-likeness (QED) is 0.831. The molecule has 136 valence electrons. The first-order chi connectivity index (χ1) is 11.4. The molecule has 2 aromatic rings. The second kappa shape index (κ2) is 6.52. The summed E-state index contributed by atoms with van der Waals surface area (Å²) in [6.07, 6.45) is -2.98. The number of benzene rings is 1. The first kappa shape index (κ1) is 18.1. The summed E-state index contributed by atoms with van der Waals surface area (Å²) in [6.45, 7) is 0.376. The van der Waals surface area contributed by atoms with Gasteiger partial charge in [0.25, 0.3) is 5.91 Å². The number of fused-ring (bicyclic) bond motifs is 2. The zero-order valence-corrected chi connectivity index (χ0v) is 14.3. The lowest BCUT2D eigenvalue weighted by Crippen LogP contribution is -2.29. The smallest absolute Gasteiger partial charge is 0.395 e. The zero-order chi connectivity index (χ0) is 16.9. The van der Waals surface area contributed by atoms with E-state index < -0.39 is 12.4 Å². The van der Waals surface area contributed by atoms with Crippen molar-refractivity contribution in [2.75, 3.05) is 11.9 Å². The number of hydrogen-bond acceptors (Lipinski definition) is 7. The summed E-state index contributed by atoms with van der Waals surface area (Å²) >= 11 is 1.15. The maximum Gasteiger partial charge on any atom is 0.586 e. The number of nitrogens with zero attached hydrogens (tertiary/aromatic N) is 1. The van der Waals surface area contributed by atoms with Crippen LogP contribution in [0.25, 0.3) is 10.2 Å². The Morgan fingerprint density at radius 3 is 2.76 bits per heavy atom. The molecule has 0 spiro atoms. The number of rotatable bonds is 3. The van der Waals surface area contributed by atoms with E-state index in [1.54, 1.807) is 0 Å². The van der Waals surface area contributed by atoms with Crippen LogP contribution in [-0.2, 0) is 9.53 Å². The molecular weight excluding hydrogens is 380 g/mol. The third kappa shape index (κ3) is 3.47. The topological polar surface area (TPSA) is 95.7 Å². The Hall–Kier alpha value is -1.75. The summed E-state index contributed by atoms with van der Waals surface area (Å²) in [4.78, 5) is 16.4. The van der Waals surface area contributed by atoms with E-state index in [-0.39, 0.29) is 35.9 Å². The van der Waals surface area contributed by atoms with Crippen molar-refractivity contribution >= 4 is 45.0 Å². The monoisotopic (exact) mass is 393 g/mol. The lowest BCUT2D eigenvalue weighted by atomic mass is 10.2. The molecule has 2 aliphatic heterocycles. The van der Waals surface area contributed by atoms with Crippen molar-refractivity contribution in [3.05, 3.63) is 12.1 Å². The summed E-state index contributed by atoms with van der Waals surface area (Å²) < 4.78 is 41.0. The molecular formula is C14H14ClF2N3O4S. The van der Waals surface area contributed by atoms with E-state index in [0.717, 1.165) is 17.8 Å². The molecule has 2 aliphatic rings. The molecule has 0 radical (unpaired) electrons. The average Bonchev–Trinajstić information content (AvgIpc) is 3.18. The molecule has 0 aliphatic carbocycles. The second-order valence-corrected chi connectivity index (χ2v) is 6.53.